The second-order valence-corrected chi connectivity index (χ2v) is 10.3. The molecule has 0 atom stereocenters. The zero-order chi connectivity index (χ0) is 25.3. The fraction of sp³-hybridized carbons (Fsp3) is 0.148. The number of rotatable bonds is 4. The predicted octanol–water partition coefficient (Wildman–Crippen LogP) is 4.46. The van der Waals surface area contributed by atoms with Gasteiger partial charge in [-0.05, 0) is 54.3 Å². The summed E-state index contributed by atoms with van der Waals surface area (Å²) >= 11 is 0. The van der Waals surface area contributed by atoms with Gasteiger partial charge in [-0.2, -0.15) is 5.26 Å². The number of fused-ring (bicyclic) bond motifs is 1. The highest BCUT2D eigenvalue weighted by Gasteiger charge is 2.27. The number of ether oxygens (including phenoxy) is 1. The summed E-state index contributed by atoms with van der Waals surface area (Å²) in [4.78, 5) is 17.7. The molecule has 0 radical (unpaired) electrons. The van der Waals surface area contributed by atoms with Crippen molar-refractivity contribution in [3.05, 3.63) is 89.6 Å². The lowest BCUT2D eigenvalue weighted by atomic mass is 9.99. The predicted molar refractivity (Wildman–Crippen MR) is 138 cm³/mol. The molecule has 3 aromatic carbocycles. The third-order valence-electron chi connectivity index (χ3n) is 6.09. The van der Waals surface area contributed by atoms with E-state index in [1.807, 2.05) is 55.5 Å². The Morgan fingerprint density at radius 3 is 2.75 bits per heavy atom. The highest BCUT2D eigenvalue weighted by Crippen LogP contribution is 2.31. The largest absolute Gasteiger partial charge is 0.362 e. The molecule has 1 amide bonds. The molecule has 1 N–H and O–H groups in total. The fourth-order valence-corrected chi connectivity index (χ4v) is 5.51. The summed E-state index contributed by atoms with van der Waals surface area (Å²) in [6, 6.07) is 21.9. The maximum atomic E-state index is 13.1. The van der Waals surface area contributed by atoms with Gasteiger partial charge in [0.25, 0.3) is 15.9 Å². The Hall–Kier alpha value is -4.26. The first kappa shape index (κ1) is 23.5. The second kappa shape index (κ2) is 9.41. The molecule has 0 bridgehead atoms. The van der Waals surface area contributed by atoms with Crippen molar-refractivity contribution in [2.24, 2.45) is 0 Å². The van der Waals surface area contributed by atoms with E-state index < -0.39 is 21.9 Å². The van der Waals surface area contributed by atoms with Crippen LogP contribution in [0.25, 0.3) is 22.0 Å². The Kier molecular flexibility index (Phi) is 6.14. The first-order chi connectivity index (χ1) is 17.4. The monoisotopic (exact) mass is 498 g/mol. The Bertz CT molecular complexity index is 1640. The third kappa shape index (κ3) is 4.40. The standard InChI is InChI=1S/C27H22N4O4S/c1-18-6-7-21(15-25(18)26-23-5-3-2-4-19(23)10-11-29-26)30-27(32)24-9-8-22(14-20(24)16-28)31-12-13-35-17-36(31,33)34/h2-11,14-15H,12-13,17H2,1H3,(H,30,32). The number of pyridine rings is 1. The molecular formula is C27H22N4O4S. The summed E-state index contributed by atoms with van der Waals surface area (Å²) in [5, 5.41) is 14.6. The molecule has 0 unspecified atom stereocenters. The number of carbonyl (C=O) groups excluding carboxylic acids is 1. The summed E-state index contributed by atoms with van der Waals surface area (Å²) in [6.07, 6.45) is 1.76. The van der Waals surface area contributed by atoms with Crippen LogP contribution in [0.15, 0.2) is 72.9 Å². The van der Waals surface area contributed by atoms with E-state index in [2.05, 4.69) is 10.3 Å². The molecule has 0 saturated carbocycles. The van der Waals surface area contributed by atoms with E-state index in [0.717, 1.165) is 27.6 Å². The summed E-state index contributed by atoms with van der Waals surface area (Å²) in [5.41, 5.74) is 3.82. The quantitative estimate of drug-likeness (QED) is 0.445. The molecular weight excluding hydrogens is 476 g/mol. The number of hydrogen-bond donors (Lipinski definition) is 1. The van der Waals surface area contributed by atoms with E-state index in [0.29, 0.717) is 11.4 Å². The number of sulfonamides is 1. The molecule has 5 rings (SSSR count). The van der Waals surface area contributed by atoms with Crippen LogP contribution < -0.4 is 9.62 Å². The van der Waals surface area contributed by atoms with E-state index in [9.17, 15) is 18.5 Å². The highest BCUT2D eigenvalue weighted by atomic mass is 32.2. The van der Waals surface area contributed by atoms with Crippen LogP contribution in [-0.4, -0.2) is 38.4 Å². The van der Waals surface area contributed by atoms with Crippen LogP contribution in [-0.2, 0) is 14.8 Å². The van der Waals surface area contributed by atoms with E-state index in [1.165, 1.54) is 22.5 Å². The molecule has 180 valence electrons. The van der Waals surface area contributed by atoms with Crippen LogP contribution in [0.1, 0.15) is 21.5 Å². The lowest BCUT2D eigenvalue weighted by Gasteiger charge is -2.28. The Morgan fingerprint density at radius 2 is 1.94 bits per heavy atom. The molecule has 0 spiro atoms. The summed E-state index contributed by atoms with van der Waals surface area (Å²) in [7, 11) is -3.64. The number of nitrogens with zero attached hydrogens (tertiary/aromatic N) is 3. The Balaban J connectivity index is 1.46. The Morgan fingerprint density at radius 1 is 1.11 bits per heavy atom. The number of nitriles is 1. The van der Waals surface area contributed by atoms with Gasteiger partial charge < -0.3 is 10.1 Å². The van der Waals surface area contributed by atoms with Gasteiger partial charge in [-0.1, -0.05) is 30.3 Å². The van der Waals surface area contributed by atoms with Gasteiger partial charge in [0.1, 0.15) is 6.07 Å². The van der Waals surface area contributed by atoms with E-state index in [4.69, 9.17) is 4.74 Å². The van der Waals surface area contributed by atoms with Crippen molar-refractivity contribution in [2.75, 3.05) is 28.7 Å². The summed E-state index contributed by atoms with van der Waals surface area (Å²) < 4.78 is 30.9. The van der Waals surface area contributed by atoms with Gasteiger partial charge in [-0.25, -0.2) is 8.42 Å². The van der Waals surface area contributed by atoms with Gasteiger partial charge in [-0.15, -0.1) is 0 Å². The molecule has 9 heteroatoms. The van der Waals surface area contributed by atoms with Crippen LogP contribution >= 0.6 is 0 Å². The number of carbonyl (C=O) groups is 1. The second-order valence-electron chi connectivity index (χ2n) is 8.42. The van der Waals surface area contributed by atoms with Crippen molar-refractivity contribution >= 4 is 38.1 Å². The molecule has 4 aromatic rings. The van der Waals surface area contributed by atoms with E-state index in [-0.39, 0.29) is 24.3 Å². The number of amides is 1. The van der Waals surface area contributed by atoms with Gasteiger partial charge in [0.05, 0.1) is 35.7 Å². The molecule has 1 fully saturated rings. The third-order valence-corrected chi connectivity index (χ3v) is 7.62. The average molecular weight is 499 g/mol. The first-order valence-electron chi connectivity index (χ1n) is 11.3. The minimum Gasteiger partial charge on any atom is -0.362 e. The molecule has 1 saturated heterocycles. The topological polar surface area (TPSA) is 112 Å². The minimum atomic E-state index is -3.64. The number of aromatic nitrogens is 1. The van der Waals surface area contributed by atoms with Gasteiger partial charge in [0.2, 0.25) is 0 Å². The molecule has 0 aliphatic carbocycles. The summed E-state index contributed by atoms with van der Waals surface area (Å²) in [6.45, 7) is 2.38. The summed E-state index contributed by atoms with van der Waals surface area (Å²) in [5.74, 6) is -0.887. The molecule has 36 heavy (non-hydrogen) atoms. The van der Waals surface area contributed by atoms with Crippen LogP contribution in [0, 0.1) is 18.3 Å². The molecule has 1 aliphatic rings. The number of hydrogen-bond acceptors (Lipinski definition) is 6. The SMILES string of the molecule is Cc1ccc(NC(=O)c2ccc(N3CCOCS3(=O)=O)cc2C#N)cc1-c1nccc2ccccc12. The lowest BCUT2D eigenvalue weighted by molar-refractivity contribution is 0.102. The lowest BCUT2D eigenvalue weighted by Crippen LogP contribution is -2.41. The van der Waals surface area contributed by atoms with Gasteiger partial charge in [0.15, 0.2) is 5.94 Å². The molecule has 8 nitrogen and oxygen atoms in total. The number of benzene rings is 3. The zero-order valence-electron chi connectivity index (χ0n) is 19.4. The van der Waals surface area contributed by atoms with Crippen molar-refractivity contribution in [1.82, 2.24) is 4.98 Å². The van der Waals surface area contributed by atoms with Crippen LogP contribution in [0.5, 0.6) is 0 Å². The molecule has 1 aromatic heterocycles. The van der Waals surface area contributed by atoms with E-state index in [1.54, 1.807) is 12.3 Å². The van der Waals surface area contributed by atoms with Crippen LogP contribution in [0.3, 0.4) is 0 Å². The van der Waals surface area contributed by atoms with Gasteiger partial charge in [-0.3, -0.25) is 14.1 Å². The number of nitrogens with one attached hydrogen (secondary N) is 1. The van der Waals surface area contributed by atoms with E-state index >= 15 is 0 Å². The Labute approximate surface area is 208 Å². The smallest absolute Gasteiger partial charge is 0.259 e. The van der Waals surface area contributed by atoms with Gasteiger partial charge in [0, 0.05) is 22.8 Å². The maximum absolute atomic E-state index is 13.1. The van der Waals surface area contributed by atoms with Crippen molar-refractivity contribution < 1.29 is 17.9 Å². The maximum Gasteiger partial charge on any atom is 0.259 e. The van der Waals surface area contributed by atoms with Crippen molar-refractivity contribution in [1.29, 1.82) is 5.26 Å². The normalized spacial score (nSPS) is 14.8. The number of aryl methyl sites for hydroxylation is 1. The highest BCUT2D eigenvalue weighted by molar-refractivity contribution is 7.92. The van der Waals surface area contributed by atoms with Gasteiger partial charge >= 0.3 is 0 Å². The van der Waals surface area contributed by atoms with Crippen molar-refractivity contribution in [2.45, 2.75) is 6.92 Å². The number of anilines is 2. The van der Waals surface area contributed by atoms with Crippen LogP contribution in [0.2, 0.25) is 0 Å². The fourth-order valence-electron chi connectivity index (χ4n) is 4.27. The average Bonchev–Trinajstić information content (AvgIpc) is 2.89. The zero-order valence-corrected chi connectivity index (χ0v) is 20.2. The van der Waals surface area contributed by atoms with Crippen LogP contribution in [0.4, 0.5) is 11.4 Å². The molecule has 2 heterocycles. The first-order valence-corrected chi connectivity index (χ1v) is 12.9. The van der Waals surface area contributed by atoms with Crippen molar-refractivity contribution in [3.8, 4) is 17.3 Å². The van der Waals surface area contributed by atoms with Crippen molar-refractivity contribution in [3.63, 3.8) is 0 Å². The minimum absolute atomic E-state index is 0.0785. The molecule has 1 aliphatic heterocycles.